The number of fused-ring (bicyclic) bond motifs is 1. The van der Waals surface area contributed by atoms with Gasteiger partial charge in [-0.1, -0.05) is 36.4 Å². The van der Waals surface area contributed by atoms with Gasteiger partial charge in [0.15, 0.2) is 0 Å². The lowest BCUT2D eigenvalue weighted by Crippen LogP contribution is -1.76. The van der Waals surface area contributed by atoms with E-state index in [9.17, 15) is 0 Å². The molecule has 0 atom stereocenters. The van der Waals surface area contributed by atoms with Crippen molar-refractivity contribution in [2.24, 2.45) is 0 Å². The topological polar surface area (TPSA) is 54.7 Å². The van der Waals surface area contributed by atoms with Crippen molar-refractivity contribution in [2.75, 3.05) is 0 Å². The Balaban J connectivity index is 1.78. The molecule has 2 aromatic heterocycles. The van der Waals surface area contributed by atoms with Crippen molar-refractivity contribution in [3.8, 4) is 23.0 Å². The van der Waals surface area contributed by atoms with E-state index in [4.69, 9.17) is 4.42 Å². The van der Waals surface area contributed by atoms with Crippen LogP contribution in [0.1, 0.15) is 0 Å². The van der Waals surface area contributed by atoms with Crippen molar-refractivity contribution in [1.29, 1.82) is 0 Å². The predicted molar refractivity (Wildman–Crippen MR) is 77.0 cm³/mol. The molecule has 2 aromatic carbocycles. The molecule has 2 heterocycles. The summed E-state index contributed by atoms with van der Waals surface area (Å²) in [6.07, 6.45) is 0. The summed E-state index contributed by atoms with van der Waals surface area (Å²) in [6, 6.07) is 19.8. The normalized spacial score (nSPS) is 11.0. The highest BCUT2D eigenvalue weighted by Gasteiger charge is 2.12. The maximum Gasteiger partial charge on any atom is 0.264 e. The first-order valence-electron chi connectivity index (χ1n) is 6.37. The fourth-order valence-corrected chi connectivity index (χ4v) is 2.22. The Kier molecular flexibility index (Phi) is 2.39. The standard InChI is InChI=1S/C16H11N3O/c1-2-6-11(7-3-1)15-18-19-16(20-15)14-10-12-8-4-5-9-13(12)17-14/h1-10,17H. The summed E-state index contributed by atoms with van der Waals surface area (Å²) < 4.78 is 5.73. The molecule has 0 amide bonds. The van der Waals surface area contributed by atoms with Crippen LogP contribution in [0.15, 0.2) is 65.1 Å². The fourth-order valence-electron chi connectivity index (χ4n) is 2.22. The van der Waals surface area contributed by atoms with Crippen LogP contribution < -0.4 is 0 Å². The molecule has 4 aromatic rings. The molecule has 0 aliphatic rings. The number of hydrogen-bond acceptors (Lipinski definition) is 3. The zero-order valence-corrected chi connectivity index (χ0v) is 10.6. The number of rotatable bonds is 2. The number of aromatic amines is 1. The first-order chi connectivity index (χ1) is 9.90. The van der Waals surface area contributed by atoms with Gasteiger partial charge in [0.2, 0.25) is 5.89 Å². The van der Waals surface area contributed by atoms with E-state index in [0.29, 0.717) is 11.8 Å². The van der Waals surface area contributed by atoms with Gasteiger partial charge in [-0.2, -0.15) is 0 Å². The van der Waals surface area contributed by atoms with E-state index in [1.807, 2.05) is 60.7 Å². The third kappa shape index (κ3) is 1.78. The van der Waals surface area contributed by atoms with Crippen LogP contribution in [-0.2, 0) is 0 Å². The molecule has 96 valence electrons. The van der Waals surface area contributed by atoms with E-state index in [-0.39, 0.29) is 0 Å². The van der Waals surface area contributed by atoms with Gasteiger partial charge in [0, 0.05) is 16.5 Å². The number of H-pyrrole nitrogens is 1. The second-order valence-electron chi connectivity index (χ2n) is 4.55. The second kappa shape index (κ2) is 4.35. The third-order valence-corrected chi connectivity index (χ3v) is 3.21. The summed E-state index contributed by atoms with van der Waals surface area (Å²) in [5, 5.41) is 9.33. The Bertz CT molecular complexity index is 828. The summed E-state index contributed by atoms with van der Waals surface area (Å²) >= 11 is 0. The maximum atomic E-state index is 5.73. The van der Waals surface area contributed by atoms with Crippen LogP contribution in [-0.4, -0.2) is 15.2 Å². The summed E-state index contributed by atoms with van der Waals surface area (Å²) in [5.74, 6) is 1.03. The highest BCUT2D eigenvalue weighted by atomic mass is 16.4. The molecule has 0 fully saturated rings. The quantitative estimate of drug-likeness (QED) is 0.595. The highest BCUT2D eigenvalue weighted by Crippen LogP contribution is 2.25. The van der Waals surface area contributed by atoms with Crippen LogP contribution >= 0.6 is 0 Å². The summed E-state index contributed by atoms with van der Waals surface area (Å²) in [7, 11) is 0. The number of nitrogens with one attached hydrogen (secondary N) is 1. The average Bonchev–Trinajstić information content (AvgIpc) is 3.14. The van der Waals surface area contributed by atoms with Crippen LogP contribution in [0.25, 0.3) is 33.9 Å². The van der Waals surface area contributed by atoms with Crippen molar-refractivity contribution in [1.82, 2.24) is 15.2 Å². The molecule has 1 N–H and O–H groups in total. The Hall–Kier alpha value is -2.88. The van der Waals surface area contributed by atoms with Crippen molar-refractivity contribution < 1.29 is 4.42 Å². The molecule has 0 saturated heterocycles. The van der Waals surface area contributed by atoms with Gasteiger partial charge in [0.05, 0.1) is 0 Å². The van der Waals surface area contributed by atoms with Crippen molar-refractivity contribution >= 4 is 10.9 Å². The first-order valence-corrected chi connectivity index (χ1v) is 6.37. The minimum absolute atomic E-state index is 0.500. The van der Waals surface area contributed by atoms with E-state index in [1.165, 1.54) is 0 Å². The van der Waals surface area contributed by atoms with Gasteiger partial charge in [-0.15, -0.1) is 10.2 Å². The van der Waals surface area contributed by atoms with Crippen molar-refractivity contribution in [3.05, 3.63) is 60.7 Å². The van der Waals surface area contributed by atoms with Crippen LogP contribution in [0, 0.1) is 0 Å². The predicted octanol–water partition coefficient (Wildman–Crippen LogP) is 3.88. The van der Waals surface area contributed by atoms with Crippen LogP contribution in [0.5, 0.6) is 0 Å². The number of hydrogen-bond donors (Lipinski definition) is 1. The lowest BCUT2D eigenvalue weighted by Gasteiger charge is -1.92. The molecule has 0 bridgehead atoms. The monoisotopic (exact) mass is 261 g/mol. The fraction of sp³-hybridized carbons (Fsp3) is 0. The average molecular weight is 261 g/mol. The number of benzene rings is 2. The first kappa shape index (κ1) is 11.0. The van der Waals surface area contributed by atoms with Gasteiger partial charge in [0.1, 0.15) is 5.69 Å². The Morgan fingerprint density at radius 1 is 0.800 bits per heavy atom. The molecule has 0 saturated carbocycles. The minimum Gasteiger partial charge on any atom is -0.415 e. The number of nitrogens with zero attached hydrogens (tertiary/aromatic N) is 2. The van der Waals surface area contributed by atoms with E-state index >= 15 is 0 Å². The minimum atomic E-state index is 0.500. The van der Waals surface area contributed by atoms with E-state index in [0.717, 1.165) is 22.2 Å². The Labute approximate surface area is 115 Å². The molecular weight excluding hydrogens is 250 g/mol. The molecule has 0 unspecified atom stereocenters. The number of para-hydroxylation sites is 1. The Morgan fingerprint density at radius 2 is 1.55 bits per heavy atom. The number of aromatic nitrogens is 3. The molecular formula is C16H11N3O. The van der Waals surface area contributed by atoms with Gasteiger partial charge in [-0.05, 0) is 24.3 Å². The van der Waals surface area contributed by atoms with Gasteiger partial charge < -0.3 is 9.40 Å². The lowest BCUT2D eigenvalue weighted by atomic mass is 10.2. The largest absolute Gasteiger partial charge is 0.415 e. The summed E-state index contributed by atoms with van der Waals surface area (Å²) in [4.78, 5) is 3.28. The van der Waals surface area contributed by atoms with Crippen molar-refractivity contribution in [3.63, 3.8) is 0 Å². The maximum absolute atomic E-state index is 5.73. The SMILES string of the molecule is c1ccc(-c2nnc(-c3cc4ccccc4[nH]3)o2)cc1. The van der Waals surface area contributed by atoms with Gasteiger partial charge in [-0.25, -0.2) is 0 Å². The van der Waals surface area contributed by atoms with E-state index < -0.39 is 0 Å². The second-order valence-corrected chi connectivity index (χ2v) is 4.55. The zero-order valence-electron chi connectivity index (χ0n) is 10.6. The molecule has 0 aliphatic carbocycles. The molecule has 0 spiro atoms. The molecule has 20 heavy (non-hydrogen) atoms. The van der Waals surface area contributed by atoms with Gasteiger partial charge in [0.25, 0.3) is 5.89 Å². The molecule has 4 heteroatoms. The Morgan fingerprint density at radius 3 is 2.40 bits per heavy atom. The smallest absolute Gasteiger partial charge is 0.264 e. The van der Waals surface area contributed by atoms with E-state index in [1.54, 1.807) is 0 Å². The molecule has 4 nitrogen and oxygen atoms in total. The van der Waals surface area contributed by atoms with Crippen LogP contribution in [0.2, 0.25) is 0 Å². The molecule has 4 rings (SSSR count). The molecule has 0 aliphatic heterocycles. The van der Waals surface area contributed by atoms with Crippen LogP contribution in [0.4, 0.5) is 0 Å². The highest BCUT2D eigenvalue weighted by molar-refractivity contribution is 5.84. The zero-order chi connectivity index (χ0) is 13.4. The third-order valence-electron chi connectivity index (χ3n) is 3.21. The van der Waals surface area contributed by atoms with Gasteiger partial charge >= 0.3 is 0 Å². The lowest BCUT2D eigenvalue weighted by molar-refractivity contribution is 0.583. The van der Waals surface area contributed by atoms with Crippen molar-refractivity contribution in [2.45, 2.75) is 0 Å². The van der Waals surface area contributed by atoms with Crippen LogP contribution in [0.3, 0.4) is 0 Å². The van der Waals surface area contributed by atoms with Gasteiger partial charge in [-0.3, -0.25) is 0 Å². The summed E-state index contributed by atoms with van der Waals surface area (Å²) in [6.45, 7) is 0. The molecule has 0 radical (unpaired) electrons. The van der Waals surface area contributed by atoms with E-state index in [2.05, 4.69) is 15.2 Å². The summed E-state index contributed by atoms with van der Waals surface area (Å²) in [5.41, 5.74) is 2.81.